The fourth-order valence-corrected chi connectivity index (χ4v) is 10.3. The third-order valence-corrected chi connectivity index (χ3v) is 14.2. The van der Waals surface area contributed by atoms with Crippen molar-refractivity contribution in [3.8, 4) is 36.4 Å². The first-order valence-electron chi connectivity index (χ1n) is 24.0. The highest BCUT2D eigenvalue weighted by molar-refractivity contribution is 5.97. The van der Waals surface area contributed by atoms with Crippen molar-refractivity contribution in [3.63, 3.8) is 0 Å². The van der Waals surface area contributed by atoms with E-state index in [4.69, 9.17) is 14.2 Å². The van der Waals surface area contributed by atoms with E-state index in [2.05, 4.69) is 23.5 Å². The Bertz CT molecular complexity index is 2580. The van der Waals surface area contributed by atoms with Crippen LogP contribution in [0.2, 0.25) is 0 Å². The second-order valence-electron chi connectivity index (χ2n) is 18.6. The molecule has 3 aliphatic carbocycles. The van der Waals surface area contributed by atoms with E-state index >= 15 is 0 Å². The minimum absolute atomic E-state index is 0.0173. The maximum Gasteiger partial charge on any atom is 0.349 e. The highest BCUT2D eigenvalue weighted by atomic mass is 16.6. The Hall–Kier alpha value is -8.00. The molecule has 3 heterocycles. The highest BCUT2D eigenvalue weighted by Gasteiger charge is 2.39. The Morgan fingerprint density at radius 2 is 0.775 bits per heavy atom. The predicted molar refractivity (Wildman–Crippen MR) is 248 cm³/mol. The summed E-state index contributed by atoms with van der Waals surface area (Å²) < 4.78 is 17.0. The minimum atomic E-state index is -1.24. The number of carbonyl (C=O) groups is 6. The van der Waals surface area contributed by atoms with Crippen molar-refractivity contribution in [2.24, 2.45) is 23.7 Å². The summed E-state index contributed by atoms with van der Waals surface area (Å²) in [6.45, 7) is 4.48. The normalized spacial score (nSPS) is 23.7. The maximum absolute atomic E-state index is 14.0. The number of amides is 1. The molecule has 3 aliphatic heterocycles. The number of ether oxygens (including phenoxy) is 3. The van der Waals surface area contributed by atoms with Gasteiger partial charge in [-0.3, -0.25) is 14.4 Å². The molecular weight excluding hydrogens is 909 g/mol. The van der Waals surface area contributed by atoms with Crippen LogP contribution in [0.25, 0.3) is 0 Å². The summed E-state index contributed by atoms with van der Waals surface area (Å²) in [5, 5.41) is 65.0. The molecule has 1 N–H and O–H groups in total. The zero-order chi connectivity index (χ0) is 51.4. The Morgan fingerprint density at radius 1 is 0.493 bits per heavy atom. The predicted octanol–water partition coefficient (Wildman–Crippen LogP) is 4.47. The van der Waals surface area contributed by atoms with Crippen LogP contribution in [-0.4, -0.2) is 116 Å². The van der Waals surface area contributed by atoms with Crippen molar-refractivity contribution in [2.75, 3.05) is 66.1 Å². The van der Waals surface area contributed by atoms with Crippen LogP contribution in [0.15, 0.2) is 67.2 Å². The summed E-state index contributed by atoms with van der Waals surface area (Å²) >= 11 is 0. The van der Waals surface area contributed by atoms with Gasteiger partial charge in [-0.1, -0.05) is 0 Å². The molecule has 3 fully saturated rings. The van der Waals surface area contributed by atoms with Gasteiger partial charge >= 0.3 is 17.9 Å². The Kier molecular flexibility index (Phi) is 17.7. The summed E-state index contributed by atoms with van der Waals surface area (Å²) in [5.41, 5.74) is 0.429. The second kappa shape index (κ2) is 24.0. The summed E-state index contributed by atoms with van der Waals surface area (Å²) in [4.78, 5) is 86.4. The van der Waals surface area contributed by atoms with E-state index in [1.807, 2.05) is 32.9 Å². The quantitative estimate of drug-likeness (QED) is 0.102. The van der Waals surface area contributed by atoms with Crippen LogP contribution < -0.4 is 5.32 Å². The molecule has 0 aromatic rings. The number of Topliss-reactive ketones (excluding diaryl/α,β-unsaturated/α-hetero) is 2. The molecule has 19 nitrogen and oxygen atoms in total. The van der Waals surface area contributed by atoms with E-state index in [9.17, 15) is 60.3 Å². The molecule has 0 aromatic heterocycles. The van der Waals surface area contributed by atoms with Crippen LogP contribution in [0.1, 0.15) is 90.9 Å². The topological polar surface area (TPSA) is 295 Å². The van der Waals surface area contributed by atoms with Gasteiger partial charge in [-0.2, -0.15) is 31.6 Å². The minimum Gasteiger partial charge on any atom is -0.461 e. The van der Waals surface area contributed by atoms with E-state index in [1.54, 1.807) is 0 Å². The first-order valence-corrected chi connectivity index (χ1v) is 24.0. The lowest BCUT2D eigenvalue weighted by Gasteiger charge is -2.32. The summed E-state index contributed by atoms with van der Waals surface area (Å²) in [6, 6.07) is 12.0. The number of nitriles is 6. The van der Waals surface area contributed by atoms with Crippen molar-refractivity contribution in [1.82, 2.24) is 20.0 Å². The van der Waals surface area contributed by atoms with Gasteiger partial charge in [0.25, 0.3) is 0 Å². The van der Waals surface area contributed by atoms with E-state index in [1.165, 1.54) is 20.9 Å². The van der Waals surface area contributed by atoms with Crippen molar-refractivity contribution in [2.45, 2.75) is 90.9 Å². The van der Waals surface area contributed by atoms with Gasteiger partial charge in [-0.05, 0) is 101 Å². The van der Waals surface area contributed by atoms with Crippen molar-refractivity contribution >= 4 is 35.4 Å². The zero-order valence-electron chi connectivity index (χ0n) is 40.4. The lowest BCUT2D eigenvalue weighted by atomic mass is 9.79. The number of hydrogen-bond acceptors (Lipinski definition) is 18. The molecule has 1 amide bonds. The molecule has 0 spiro atoms. The van der Waals surface area contributed by atoms with Gasteiger partial charge in [0.1, 0.15) is 84.5 Å². The number of rotatable bonds is 15. The molecule has 3 saturated heterocycles. The van der Waals surface area contributed by atoms with Crippen LogP contribution in [0, 0.1) is 91.7 Å². The SMILES string of the molecule is CNC(=O)C1CC(N2CCCC2)=C(C#N)/C(=C(\C#N)C(=O)OCC(COC(=O)/C(C#N)=C2\CC(C(C)=O)CC(N3CCCC3)=C2C#N)COC(=O)/C(C#N)=C2\CC(C(C)=O)CC(N3CCCC3)=C2C#N)C1. The standard InChI is InChI=1S/C52H56N10O9/c1-31(63)34-16-37(40(22-53)46(19-34)60-10-4-5-11-60)43(25-56)50(66)69-28-33(29-70-51(67)44(26-57)38-17-35(32(2)64)20-47(41(38)23-54)61-12-6-7-13-61)30-71-52(68)45(27-58)39-18-36(49(65)59-3)21-48(42(39)24-55)62-14-8-9-15-62/h33-36H,4-21,28-30H2,1-3H3,(H,59,65)/b43-37+,44-38+,45-39+. The van der Waals surface area contributed by atoms with Crippen LogP contribution in [0.3, 0.4) is 0 Å². The van der Waals surface area contributed by atoms with E-state index in [0.717, 1.165) is 38.5 Å². The first-order chi connectivity index (χ1) is 34.2. The molecule has 6 rings (SSSR count). The number of nitrogens with zero attached hydrogens (tertiary/aromatic N) is 9. The Morgan fingerprint density at radius 3 is 1.03 bits per heavy atom. The lowest BCUT2D eigenvalue weighted by Crippen LogP contribution is -2.34. The zero-order valence-corrected chi connectivity index (χ0v) is 40.4. The molecule has 71 heavy (non-hydrogen) atoms. The van der Waals surface area contributed by atoms with Gasteiger partial charge in [0.15, 0.2) is 0 Å². The summed E-state index contributed by atoms with van der Waals surface area (Å²) in [6.07, 6.45) is 5.57. The highest BCUT2D eigenvalue weighted by Crippen LogP contribution is 2.41. The molecular formula is C52H56N10O9. The smallest absolute Gasteiger partial charge is 0.349 e. The van der Waals surface area contributed by atoms with Crippen LogP contribution in [0.5, 0.6) is 0 Å². The number of carbonyl (C=O) groups excluding carboxylic acids is 6. The second-order valence-corrected chi connectivity index (χ2v) is 18.6. The molecule has 0 aromatic carbocycles. The molecule has 3 unspecified atom stereocenters. The van der Waals surface area contributed by atoms with E-state index < -0.39 is 78.1 Å². The Balaban J connectivity index is 1.34. The first kappa shape index (κ1) is 52.4. The summed E-state index contributed by atoms with van der Waals surface area (Å²) in [5.74, 6) is -7.50. The van der Waals surface area contributed by atoms with E-state index in [-0.39, 0.29) is 89.4 Å². The van der Waals surface area contributed by atoms with Gasteiger partial charge in [0, 0.05) is 87.6 Å². The number of esters is 3. The average Bonchev–Trinajstić information content (AvgIpc) is 4.22. The average molecular weight is 965 g/mol. The Labute approximate surface area is 413 Å². The van der Waals surface area contributed by atoms with Crippen molar-refractivity contribution < 1.29 is 43.0 Å². The number of allylic oxidation sites excluding steroid dienone is 9. The number of ketones is 2. The van der Waals surface area contributed by atoms with Crippen molar-refractivity contribution in [3.05, 3.63) is 67.2 Å². The molecule has 368 valence electrons. The van der Waals surface area contributed by atoms with Gasteiger partial charge in [0.2, 0.25) is 5.91 Å². The molecule has 19 heteroatoms. The van der Waals surface area contributed by atoms with Crippen LogP contribution >= 0.6 is 0 Å². The number of hydrogen-bond donors (Lipinski definition) is 1. The van der Waals surface area contributed by atoms with Gasteiger partial charge < -0.3 is 34.2 Å². The third-order valence-electron chi connectivity index (χ3n) is 14.2. The molecule has 0 bridgehead atoms. The molecule has 0 radical (unpaired) electrons. The fourth-order valence-electron chi connectivity index (χ4n) is 10.3. The van der Waals surface area contributed by atoms with E-state index in [0.29, 0.717) is 56.4 Å². The third kappa shape index (κ3) is 11.7. The van der Waals surface area contributed by atoms with Gasteiger partial charge in [0.05, 0.1) is 22.6 Å². The molecule has 6 aliphatic rings. The summed E-state index contributed by atoms with van der Waals surface area (Å²) in [7, 11) is 1.46. The molecule has 3 atom stereocenters. The number of nitrogens with one attached hydrogen (secondary N) is 1. The monoisotopic (exact) mass is 964 g/mol. The molecule has 0 saturated carbocycles. The number of likely N-dealkylation sites (tertiary alicyclic amines) is 3. The van der Waals surface area contributed by atoms with Crippen molar-refractivity contribution in [1.29, 1.82) is 31.6 Å². The largest absolute Gasteiger partial charge is 0.461 e. The van der Waals surface area contributed by atoms with Gasteiger partial charge in [-0.25, -0.2) is 14.4 Å². The van der Waals surface area contributed by atoms with Gasteiger partial charge in [-0.15, -0.1) is 0 Å². The van der Waals surface area contributed by atoms with Crippen LogP contribution in [0.4, 0.5) is 0 Å². The van der Waals surface area contributed by atoms with Crippen LogP contribution in [-0.2, 0) is 43.0 Å². The maximum atomic E-state index is 14.0. The lowest BCUT2D eigenvalue weighted by molar-refractivity contribution is -0.148. The fraction of sp³-hybridized carbons (Fsp3) is 0.538.